The van der Waals surface area contributed by atoms with Crippen LogP contribution in [0.3, 0.4) is 0 Å². The lowest BCUT2D eigenvalue weighted by Gasteiger charge is -2.12. The number of nitrogens with one attached hydrogen (secondary N) is 1. The van der Waals surface area contributed by atoms with Gasteiger partial charge in [0.1, 0.15) is 0 Å². The highest BCUT2D eigenvalue weighted by Gasteiger charge is 2.12. The quantitative estimate of drug-likeness (QED) is 0.590. The first kappa shape index (κ1) is 15.9. The van der Waals surface area contributed by atoms with Crippen LogP contribution in [-0.4, -0.2) is 44.6 Å². The molecule has 0 radical (unpaired) electrons. The van der Waals surface area contributed by atoms with Crippen molar-refractivity contribution in [3.63, 3.8) is 0 Å². The van der Waals surface area contributed by atoms with Gasteiger partial charge in [0.05, 0.1) is 32.5 Å². The number of rotatable bonds is 7. The van der Waals surface area contributed by atoms with E-state index < -0.39 is 0 Å². The first-order valence-corrected chi connectivity index (χ1v) is 6.70. The maximum Gasteiger partial charge on any atom is 0.339 e. The van der Waals surface area contributed by atoms with Gasteiger partial charge in [-0.15, -0.1) is 0 Å². The fourth-order valence-electron chi connectivity index (χ4n) is 1.56. The Labute approximate surface area is 121 Å². The number of hydrogen-bond donors (Lipinski definition) is 2. The van der Waals surface area contributed by atoms with Gasteiger partial charge in [0.15, 0.2) is 0 Å². The van der Waals surface area contributed by atoms with Crippen LogP contribution in [0.1, 0.15) is 15.9 Å². The summed E-state index contributed by atoms with van der Waals surface area (Å²) >= 11 is 3.35. The molecular weight excluding hydrogens is 314 g/mol. The summed E-state index contributed by atoms with van der Waals surface area (Å²) in [6.45, 7) is 3.42. The Bertz CT molecular complexity index is 437. The number of ether oxygens (including phenoxy) is 2. The van der Waals surface area contributed by atoms with Gasteiger partial charge in [-0.25, -0.2) is 4.79 Å². The average Bonchev–Trinajstić information content (AvgIpc) is 2.41. The summed E-state index contributed by atoms with van der Waals surface area (Å²) in [7, 11) is 1.36. The van der Waals surface area contributed by atoms with E-state index >= 15 is 0 Å². The van der Waals surface area contributed by atoms with Crippen LogP contribution in [0.2, 0.25) is 0 Å². The molecule has 0 aromatic heterocycles. The van der Waals surface area contributed by atoms with Gasteiger partial charge < -0.3 is 19.9 Å². The number of aryl methyl sites for hydroxylation is 1. The second-order valence-electron chi connectivity index (χ2n) is 3.90. The zero-order valence-electron chi connectivity index (χ0n) is 11.0. The van der Waals surface area contributed by atoms with Crippen molar-refractivity contribution in [2.45, 2.75) is 6.92 Å². The van der Waals surface area contributed by atoms with Crippen molar-refractivity contribution in [2.75, 3.05) is 38.8 Å². The lowest BCUT2D eigenvalue weighted by molar-refractivity contribution is 0.0599. The zero-order valence-corrected chi connectivity index (χ0v) is 12.6. The number of benzene rings is 1. The smallest absolute Gasteiger partial charge is 0.339 e. The van der Waals surface area contributed by atoms with Gasteiger partial charge in [0, 0.05) is 16.7 Å². The van der Waals surface area contributed by atoms with Crippen molar-refractivity contribution < 1.29 is 19.4 Å². The molecule has 106 valence electrons. The fourth-order valence-corrected chi connectivity index (χ4v) is 2.07. The van der Waals surface area contributed by atoms with Gasteiger partial charge in [-0.05, 0) is 40.5 Å². The number of carbonyl (C=O) groups is 1. The molecule has 0 saturated carbocycles. The van der Waals surface area contributed by atoms with E-state index in [9.17, 15) is 4.79 Å². The van der Waals surface area contributed by atoms with Crippen LogP contribution in [0.25, 0.3) is 0 Å². The minimum atomic E-state index is -0.368. The normalized spacial score (nSPS) is 10.3. The van der Waals surface area contributed by atoms with Crippen LogP contribution in [0.4, 0.5) is 5.69 Å². The second kappa shape index (κ2) is 8.14. The summed E-state index contributed by atoms with van der Waals surface area (Å²) in [5, 5.41) is 11.8. The van der Waals surface area contributed by atoms with Gasteiger partial charge in [-0.1, -0.05) is 0 Å². The van der Waals surface area contributed by atoms with E-state index in [4.69, 9.17) is 14.6 Å². The number of hydrogen-bond acceptors (Lipinski definition) is 5. The molecule has 19 heavy (non-hydrogen) atoms. The lowest BCUT2D eigenvalue weighted by atomic mass is 10.1. The lowest BCUT2D eigenvalue weighted by Crippen LogP contribution is -2.12. The molecule has 0 aliphatic carbocycles. The highest BCUT2D eigenvalue weighted by Crippen LogP contribution is 2.25. The van der Waals surface area contributed by atoms with E-state index in [-0.39, 0.29) is 12.6 Å². The third kappa shape index (κ3) is 4.81. The molecule has 0 aliphatic heterocycles. The summed E-state index contributed by atoms with van der Waals surface area (Å²) in [5.74, 6) is -0.368. The minimum absolute atomic E-state index is 0.0262. The largest absolute Gasteiger partial charge is 0.465 e. The van der Waals surface area contributed by atoms with Crippen LogP contribution >= 0.6 is 15.9 Å². The molecule has 6 heteroatoms. The molecule has 1 aromatic carbocycles. The molecule has 0 heterocycles. The third-order valence-electron chi connectivity index (χ3n) is 2.52. The second-order valence-corrected chi connectivity index (χ2v) is 4.76. The van der Waals surface area contributed by atoms with Gasteiger partial charge in [0.25, 0.3) is 0 Å². The molecule has 0 bridgehead atoms. The van der Waals surface area contributed by atoms with Gasteiger partial charge >= 0.3 is 5.97 Å². The number of esters is 1. The van der Waals surface area contributed by atoms with Gasteiger partial charge in [-0.3, -0.25) is 0 Å². The monoisotopic (exact) mass is 331 g/mol. The molecule has 0 aliphatic rings. The predicted molar refractivity (Wildman–Crippen MR) is 76.6 cm³/mol. The Morgan fingerprint density at radius 2 is 2.16 bits per heavy atom. The van der Waals surface area contributed by atoms with Crippen molar-refractivity contribution in [1.29, 1.82) is 0 Å². The van der Waals surface area contributed by atoms with Crippen LogP contribution in [0, 0.1) is 6.92 Å². The molecule has 2 N–H and O–H groups in total. The fraction of sp³-hybridized carbons (Fsp3) is 0.462. The molecule has 1 aromatic rings. The van der Waals surface area contributed by atoms with Crippen LogP contribution in [-0.2, 0) is 9.47 Å². The number of anilines is 1. The molecule has 0 spiro atoms. The molecule has 1 rings (SSSR count). The first-order valence-electron chi connectivity index (χ1n) is 5.91. The summed E-state index contributed by atoms with van der Waals surface area (Å²) in [4.78, 5) is 11.5. The van der Waals surface area contributed by atoms with Crippen molar-refractivity contribution in [1.82, 2.24) is 0 Å². The number of halogens is 1. The van der Waals surface area contributed by atoms with Crippen molar-refractivity contribution in [2.24, 2.45) is 0 Å². The molecule has 0 atom stereocenters. The highest BCUT2D eigenvalue weighted by molar-refractivity contribution is 9.10. The number of methoxy groups -OCH3 is 1. The summed E-state index contributed by atoms with van der Waals surface area (Å²) in [6, 6.07) is 3.61. The molecule has 0 saturated heterocycles. The summed E-state index contributed by atoms with van der Waals surface area (Å²) in [6.07, 6.45) is 0. The Hall–Kier alpha value is -1.11. The Kier molecular flexibility index (Phi) is 6.83. The molecule has 0 unspecified atom stereocenters. The van der Waals surface area contributed by atoms with Crippen LogP contribution < -0.4 is 5.32 Å². The Balaban J connectivity index is 2.65. The Morgan fingerprint density at radius 1 is 1.42 bits per heavy atom. The van der Waals surface area contributed by atoms with Crippen LogP contribution in [0.5, 0.6) is 0 Å². The maximum atomic E-state index is 11.5. The summed E-state index contributed by atoms with van der Waals surface area (Å²) in [5.41, 5.74) is 2.37. The van der Waals surface area contributed by atoms with Crippen LogP contribution in [0.15, 0.2) is 16.6 Å². The molecule has 5 nitrogen and oxygen atoms in total. The van der Waals surface area contributed by atoms with Gasteiger partial charge in [-0.2, -0.15) is 0 Å². The topological polar surface area (TPSA) is 67.8 Å². The predicted octanol–water partition coefficient (Wildman–Crippen LogP) is 1.96. The number of carbonyl (C=O) groups excluding carboxylic acids is 1. The van der Waals surface area contributed by atoms with Crippen molar-refractivity contribution in [3.05, 3.63) is 27.7 Å². The van der Waals surface area contributed by atoms with Crippen molar-refractivity contribution >= 4 is 27.6 Å². The molecule has 0 fully saturated rings. The number of aliphatic hydroxyl groups excluding tert-OH is 1. The number of aliphatic hydroxyl groups is 1. The maximum absolute atomic E-state index is 11.5. The molecule has 0 amide bonds. The highest BCUT2D eigenvalue weighted by atomic mass is 79.9. The summed E-state index contributed by atoms with van der Waals surface area (Å²) < 4.78 is 10.5. The van der Waals surface area contributed by atoms with Crippen molar-refractivity contribution in [3.8, 4) is 0 Å². The van der Waals surface area contributed by atoms with E-state index in [0.29, 0.717) is 29.8 Å². The zero-order chi connectivity index (χ0) is 14.3. The Morgan fingerprint density at radius 3 is 2.79 bits per heavy atom. The third-order valence-corrected chi connectivity index (χ3v) is 3.17. The standard InChI is InChI=1S/C13H18BrNO4/c1-9-7-10(13(17)18-2)11(14)8-12(9)15-3-5-19-6-4-16/h7-8,15-16H,3-6H2,1-2H3. The van der Waals surface area contributed by atoms with E-state index in [0.717, 1.165) is 11.3 Å². The average molecular weight is 332 g/mol. The van der Waals surface area contributed by atoms with E-state index in [1.165, 1.54) is 7.11 Å². The first-order chi connectivity index (χ1) is 9.10. The van der Waals surface area contributed by atoms with Gasteiger partial charge in [0.2, 0.25) is 0 Å². The minimum Gasteiger partial charge on any atom is -0.465 e. The van der Waals surface area contributed by atoms with E-state index in [1.54, 1.807) is 6.07 Å². The van der Waals surface area contributed by atoms with E-state index in [2.05, 4.69) is 21.2 Å². The SMILES string of the molecule is COC(=O)c1cc(C)c(NCCOCCO)cc1Br. The van der Waals surface area contributed by atoms with E-state index in [1.807, 2.05) is 13.0 Å². The molecular formula is C13H18BrNO4.